The van der Waals surface area contributed by atoms with Crippen LogP contribution in [0, 0.1) is 0 Å². The number of carbonyl (C=O) groups is 2. The van der Waals surface area contributed by atoms with Crippen molar-refractivity contribution in [1.29, 1.82) is 0 Å². The number of rotatable bonds is 10. The maximum absolute atomic E-state index is 12.6. The molecule has 1 aromatic heterocycles. The number of methoxy groups -OCH3 is 2. The van der Waals surface area contributed by atoms with Crippen LogP contribution in [0.25, 0.3) is 5.69 Å². The van der Waals surface area contributed by atoms with Gasteiger partial charge in [0.25, 0.3) is 0 Å². The van der Waals surface area contributed by atoms with Gasteiger partial charge in [0.1, 0.15) is 11.4 Å². The largest absolute Gasteiger partial charge is 0.494 e. The standard InChI is InChI=1S/C26H30N4O4/c1-33-24-6-4-3-5-23(24)30-18-20(16-28-30)17-29-22(11-12-25(29)31)13-14-27-15-19-7-9-21(10-8-19)26(32)34-2/h3-10,16,18,22,27H,11-15,17H2,1-2H3/t22-/m0/s1. The van der Waals surface area contributed by atoms with E-state index in [4.69, 9.17) is 9.47 Å². The molecule has 0 spiro atoms. The van der Waals surface area contributed by atoms with E-state index in [0.29, 0.717) is 25.1 Å². The Balaban J connectivity index is 1.30. The summed E-state index contributed by atoms with van der Waals surface area (Å²) in [5, 5.41) is 7.92. The average Bonchev–Trinajstić information content (AvgIpc) is 3.48. The first kappa shape index (κ1) is 23.5. The Labute approximate surface area is 199 Å². The van der Waals surface area contributed by atoms with Crippen LogP contribution in [0.2, 0.25) is 0 Å². The third-order valence-corrected chi connectivity index (χ3v) is 6.13. The molecular weight excluding hydrogens is 432 g/mol. The summed E-state index contributed by atoms with van der Waals surface area (Å²) < 4.78 is 11.9. The minimum atomic E-state index is -0.334. The van der Waals surface area contributed by atoms with Crippen molar-refractivity contribution in [2.75, 3.05) is 20.8 Å². The highest BCUT2D eigenvalue weighted by Gasteiger charge is 2.30. The molecule has 1 amide bonds. The van der Waals surface area contributed by atoms with Crippen LogP contribution in [0.4, 0.5) is 0 Å². The first-order valence-electron chi connectivity index (χ1n) is 11.4. The summed E-state index contributed by atoms with van der Waals surface area (Å²) in [5.41, 5.74) is 3.49. The highest BCUT2D eigenvalue weighted by atomic mass is 16.5. The molecule has 8 nitrogen and oxygen atoms in total. The normalized spacial score (nSPS) is 15.5. The Hall–Kier alpha value is -3.65. The molecule has 8 heteroatoms. The molecule has 1 atom stereocenters. The molecule has 4 rings (SSSR count). The number of benzene rings is 2. The first-order chi connectivity index (χ1) is 16.6. The summed E-state index contributed by atoms with van der Waals surface area (Å²) in [7, 11) is 3.02. The Morgan fingerprint density at radius 1 is 1.12 bits per heavy atom. The number of para-hydroxylation sites is 2. The zero-order valence-corrected chi connectivity index (χ0v) is 19.6. The molecule has 0 saturated carbocycles. The van der Waals surface area contributed by atoms with Crippen molar-refractivity contribution in [3.05, 3.63) is 77.6 Å². The van der Waals surface area contributed by atoms with E-state index in [1.54, 1.807) is 23.9 Å². The fourth-order valence-electron chi connectivity index (χ4n) is 4.28. The van der Waals surface area contributed by atoms with Gasteiger partial charge in [-0.1, -0.05) is 24.3 Å². The van der Waals surface area contributed by atoms with E-state index in [9.17, 15) is 9.59 Å². The van der Waals surface area contributed by atoms with Gasteiger partial charge in [0.2, 0.25) is 5.91 Å². The van der Waals surface area contributed by atoms with Crippen molar-refractivity contribution in [1.82, 2.24) is 20.0 Å². The average molecular weight is 463 g/mol. The predicted octanol–water partition coefficient (Wildman–Crippen LogP) is 3.34. The molecule has 1 N–H and O–H groups in total. The maximum atomic E-state index is 12.6. The van der Waals surface area contributed by atoms with E-state index in [2.05, 4.69) is 10.4 Å². The Bertz CT molecular complexity index is 1130. The predicted molar refractivity (Wildman–Crippen MR) is 128 cm³/mol. The number of ether oxygens (including phenoxy) is 2. The monoisotopic (exact) mass is 462 g/mol. The second-order valence-corrected chi connectivity index (χ2v) is 8.33. The number of nitrogens with one attached hydrogen (secondary N) is 1. The zero-order chi connectivity index (χ0) is 23.9. The van der Waals surface area contributed by atoms with Crippen LogP contribution in [-0.4, -0.2) is 53.4 Å². The van der Waals surface area contributed by atoms with Crippen LogP contribution >= 0.6 is 0 Å². The Morgan fingerprint density at radius 2 is 1.91 bits per heavy atom. The third kappa shape index (κ3) is 5.46. The Morgan fingerprint density at radius 3 is 2.68 bits per heavy atom. The van der Waals surface area contributed by atoms with E-state index in [-0.39, 0.29) is 17.9 Å². The summed E-state index contributed by atoms with van der Waals surface area (Å²) in [6, 6.07) is 15.3. The second kappa shape index (κ2) is 11.0. The van der Waals surface area contributed by atoms with Gasteiger partial charge in [-0.15, -0.1) is 0 Å². The van der Waals surface area contributed by atoms with Crippen molar-refractivity contribution in [3.63, 3.8) is 0 Å². The lowest BCUT2D eigenvalue weighted by molar-refractivity contribution is -0.129. The lowest BCUT2D eigenvalue weighted by atomic mass is 10.1. The van der Waals surface area contributed by atoms with Gasteiger partial charge in [-0.25, -0.2) is 9.48 Å². The van der Waals surface area contributed by atoms with Crippen LogP contribution < -0.4 is 10.1 Å². The molecular formula is C26H30N4O4. The minimum absolute atomic E-state index is 0.188. The molecule has 3 aromatic rings. The quantitative estimate of drug-likeness (QED) is 0.367. The van der Waals surface area contributed by atoms with Crippen LogP contribution in [0.15, 0.2) is 60.9 Å². The molecule has 0 aliphatic carbocycles. The van der Waals surface area contributed by atoms with Crippen LogP contribution in [0.5, 0.6) is 5.75 Å². The smallest absolute Gasteiger partial charge is 0.337 e. The topological polar surface area (TPSA) is 85.7 Å². The SMILES string of the molecule is COC(=O)c1ccc(CNCC[C@@H]2CCC(=O)N2Cc2cnn(-c3ccccc3OC)c2)cc1. The van der Waals surface area contributed by atoms with E-state index >= 15 is 0 Å². The highest BCUT2D eigenvalue weighted by molar-refractivity contribution is 5.89. The van der Waals surface area contributed by atoms with Crippen LogP contribution in [0.1, 0.15) is 40.7 Å². The third-order valence-electron chi connectivity index (χ3n) is 6.13. The molecule has 178 valence electrons. The fraction of sp³-hybridized carbons (Fsp3) is 0.346. The van der Waals surface area contributed by atoms with Gasteiger partial charge in [0, 0.05) is 37.3 Å². The van der Waals surface area contributed by atoms with Gasteiger partial charge in [-0.3, -0.25) is 4.79 Å². The molecule has 0 bridgehead atoms. The summed E-state index contributed by atoms with van der Waals surface area (Å²) in [6.07, 6.45) is 6.10. The van der Waals surface area contributed by atoms with E-state index in [1.807, 2.05) is 53.7 Å². The molecule has 1 aliphatic rings. The van der Waals surface area contributed by atoms with Crippen molar-refractivity contribution >= 4 is 11.9 Å². The lowest BCUT2D eigenvalue weighted by Gasteiger charge is -2.24. The molecule has 0 unspecified atom stereocenters. The number of hydrogen-bond acceptors (Lipinski definition) is 6. The van der Waals surface area contributed by atoms with Crippen LogP contribution in [0.3, 0.4) is 0 Å². The van der Waals surface area contributed by atoms with Gasteiger partial charge in [0.05, 0.1) is 26.0 Å². The lowest BCUT2D eigenvalue weighted by Crippen LogP contribution is -2.34. The summed E-state index contributed by atoms with van der Waals surface area (Å²) in [4.78, 5) is 26.1. The van der Waals surface area contributed by atoms with Gasteiger partial charge in [-0.05, 0) is 49.2 Å². The summed E-state index contributed by atoms with van der Waals surface area (Å²) >= 11 is 0. The second-order valence-electron chi connectivity index (χ2n) is 8.33. The van der Waals surface area contributed by atoms with Crippen molar-refractivity contribution in [2.24, 2.45) is 0 Å². The number of esters is 1. The number of amides is 1. The Kier molecular flexibility index (Phi) is 7.59. The molecule has 2 aromatic carbocycles. The molecule has 0 radical (unpaired) electrons. The maximum Gasteiger partial charge on any atom is 0.337 e. The fourth-order valence-corrected chi connectivity index (χ4v) is 4.28. The molecule has 1 fully saturated rings. The molecule has 34 heavy (non-hydrogen) atoms. The number of likely N-dealkylation sites (tertiary alicyclic amines) is 1. The number of aromatic nitrogens is 2. The van der Waals surface area contributed by atoms with E-state index < -0.39 is 0 Å². The van der Waals surface area contributed by atoms with Crippen LogP contribution in [-0.2, 0) is 22.6 Å². The summed E-state index contributed by atoms with van der Waals surface area (Å²) in [5.74, 6) is 0.602. The molecule has 2 heterocycles. The number of carbonyl (C=O) groups excluding carboxylic acids is 2. The van der Waals surface area contributed by atoms with Gasteiger partial charge in [0.15, 0.2) is 0 Å². The minimum Gasteiger partial charge on any atom is -0.494 e. The number of nitrogens with zero attached hydrogens (tertiary/aromatic N) is 3. The number of hydrogen-bond donors (Lipinski definition) is 1. The van der Waals surface area contributed by atoms with E-state index in [1.165, 1.54) is 7.11 Å². The van der Waals surface area contributed by atoms with E-state index in [0.717, 1.165) is 42.0 Å². The van der Waals surface area contributed by atoms with Crippen molar-refractivity contribution in [3.8, 4) is 11.4 Å². The van der Waals surface area contributed by atoms with Crippen molar-refractivity contribution in [2.45, 2.75) is 38.4 Å². The zero-order valence-electron chi connectivity index (χ0n) is 19.6. The van der Waals surface area contributed by atoms with Gasteiger partial charge < -0.3 is 19.7 Å². The molecule has 1 aliphatic heterocycles. The molecule has 1 saturated heterocycles. The van der Waals surface area contributed by atoms with Gasteiger partial charge >= 0.3 is 5.97 Å². The van der Waals surface area contributed by atoms with Crippen molar-refractivity contribution < 1.29 is 19.1 Å². The first-order valence-corrected chi connectivity index (χ1v) is 11.4. The summed E-state index contributed by atoms with van der Waals surface area (Å²) in [6.45, 7) is 2.05. The van der Waals surface area contributed by atoms with Gasteiger partial charge in [-0.2, -0.15) is 5.10 Å². The highest BCUT2D eigenvalue weighted by Crippen LogP contribution is 2.25.